The molecule has 1 aromatic heterocycles. The van der Waals surface area contributed by atoms with Crippen molar-refractivity contribution >= 4 is 21.7 Å². The van der Waals surface area contributed by atoms with Gasteiger partial charge in [0.2, 0.25) is 0 Å². The van der Waals surface area contributed by atoms with E-state index in [1.165, 1.54) is 0 Å². The Balaban J connectivity index is 2.89. The first-order valence-corrected chi connectivity index (χ1v) is 5.87. The van der Waals surface area contributed by atoms with Gasteiger partial charge in [0, 0.05) is 12.6 Å². The number of nitrogens with zero attached hydrogens (tertiary/aromatic N) is 2. The first-order chi connectivity index (χ1) is 6.69. The zero-order chi connectivity index (χ0) is 10.6. The lowest BCUT2D eigenvalue weighted by atomic mass is 10.2. The Labute approximate surface area is 94.5 Å². The lowest BCUT2D eigenvalue weighted by Gasteiger charge is -2.28. The number of halogens is 1. The molecule has 0 bridgehead atoms. The van der Waals surface area contributed by atoms with Crippen molar-refractivity contribution in [2.75, 3.05) is 11.4 Å². The maximum atomic E-state index is 4.46. The van der Waals surface area contributed by atoms with Crippen molar-refractivity contribution < 1.29 is 0 Å². The van der Waals surface area contributed by atoms with Gasteiger partial charge in [-0.25, -0.2) is 4.98 Å². The SMILES string of the molecule is CCC(C)N(CC)c1cccc(Br)n1. The van der Waals surface area contributed by atoms with Gasteiger partial charge in [-0.2, -0.15) is 0 Å². The molecule has 0 aromatic carbocycles. The molecular weight excluding hydrogens is 240 g/mol. The fourth-order valence-corrected chi connectivity index (χ4v) is 1.81. The van der Waals surface area contributed by atoms with Crippen molar-refractivity contribution in [3.05, 3.63) is 22.8 Å². The Morgan fingerprint density at radius 3 is 2.64 bits per heavy atom. The summed E-state index contributed by atoms with van der Waals surface area (Å²) < 4.78 is 0.900. The van der Waals surface area contributed by atoms with Gasteiger partial charge in [0.1, 0.15) is 10.4 Å². The summed E-state index contributed by atoms with van der Waals surface area (Å²) in [4.78, 5) is 6.77. The van der Waals surface area contributed by atoms with Gasteiger partial charge >= 0.3 is 0 Å². The van der Waals surface area contributed by atoms with E-state index in [1.54, 1.807) is 0 Å². The molecule has 3 heteroatoms. The second kappa shape index (κ2) is 5.35. The Bertz CT molecular complexity index is 288. The van der Waals surface area contributed by atoms with Gasteiger partial charge in [-0.1, -0.05) is 13.0 Å². The van der Waals surface area contributed by atoms with Crippen LogP contribution in [0.25, 0.3) is 0 Å². The van der Waals surface area contributed by atoms with Crippen LogP contribution >= 0.6 is 15.9 Å². The predicted octanol–water partition coefficient (Wildman–Crippen LogP) is 3.47. The summed E-state index contributed by atoms with van der Waals surface area (Å²) in [6.07, 6.45) is 1.14. The van der Waals surface area contributed by atoms with Crippen LogP contribution in [0.2, 0.25) is 0 Å². The summed E-state index contributed by atoms with van der Waals surface area (Å²) in [5, 5.41) is 0. The van der Waals surface area contributed by atoms with E-state index >= 15 is 0 Å². The van der Waals surface area contributed by atoms with Crippen LogP contribution in [-0.2, 0) is 0 Å². The van der Waals surface area contributed by atoms with Crippen molar-refractivity contribution in [2.24, 2.45) is 0 Å². The minimum atomic E-state index is 0.543. The predicted molar refractivity (Wildman–Crippen MR) is 64.7 cm³/mol. The maximum Gasteiger partial charge on any atom is 0.130 e. The van der Waals surface area contributed by atoms with Crippen LogP contribution in [0.3, 0.4) is 0 Å². The highest BCUT2D eigenvalue weighted by atomic mass is 79.9. The molecule has 0 fully saturated rings. The lowest BCUT2D eigenvalue weighted by molar-refractivity contribution is 0.622. The molecule has 0 saturated carbocycles. The molecule has 0 saturated heterocycles. The standard InChI is InChI=1S/C11H17BrN2/c1-4-9(3)14(5-2)11-8-6-7-10(12)13-11/h6-9H,4-5H2,1-3H3. The lowest BCUT2D eigenvalue weighted by Crippen LogP contribution is -2.32. The van der Waals surface area contributed by atoms with E-state index in [0.717, 1.165) is 23.4 Å². The highest BCUT2D eigenvalue weighted by Gasteiger charge is 2.11. The van der Waals surface area contributed by atoms with E-state index in [1.807, 2.05) is 12.1 Å². The van der Waals surface area contributed by atoms with Gasteiger partial charge in [-0.3, -0.25) is 0 Å². The highest BCUT2D eigenvalue weighted by Crippen LogP contribution is 2.18. The molecule has 1 heterocycles. The van der Waals surface area contributed by atoms with Crippen molar-refractivity contribution in [3.63, 3.8) is 0 Å². The maximum absolute atomic E-state index is 4.46. The summed E-state index contributed by atoms with van der Waals surface area (Å²) >= 11 is 3.39. The zero-order valence-electron chi connectivity index (χ0n) is 9.00. The molecule has 14 heavy (non-hydrogen) atoms. The highest BCUT2D eigenvalue weighted by molar-refractivity contribution is 9.10. The number of aromatic nitrogens is 1. The number of hydrogen-bond acceptors (Lipinski definition) is 2. The Hall–Kier alpha value is -0.570. The third-order valence-electron chi connectivity index (χ3n) is 2.46. The molecule has 0 aliphatic rings. The molecular formula is C11H17BrN2. The summed E-state index contributed by atoms with van der Waals surface area (Å²) in [5.41, 5.74) is 0. The molecule has 0 N–H and O–H groups in total. The largest absolute Gasteiger partial charge is 0.354 e. The normalized spacial score (nSPS) is 12.6. The van der Waals surface area contributed by atoms with E-state index in [9.17, 15) is 0 Å². The average Bonchev–Trinajstić information content (AvgIpc) is 2.19. The monoisotopic (exact) mass is 256 g/mol. The van der Waals surface area contributed by atoms with Crippen LogP contribution < -0.4 is 4.90 Å². The molecule has 0 amide bonds. The number of hydrogen-bond donors (Lipinski definition) is 0. The topological polar surface area (TPSA) is 16.1 Å². The molecule has 2 nitrogen and oxygen atoms in total. The second-order valence-corrected chi connectivity index (χ2v) is 4.17. The summed E-state index contributed by atoms with van der Waals surface area (Å²) in [6, 6.07) is 6.58. The number of rotatable bonds is 4. The first-order valence-electron chi connectivity index (χ1n) is 5.08. The molecule has 1 atom stereocenters. The van der Waals surface area contributed by atoms with Gasteiger partial charge in [0.25, 0.3) is 0 Å². The molecule has 1 unspecified atom stereocenters. The van der Waals surface area contributed by atoms with E-state index in [0.29, 0.717) is 6.04 Å². The summed E-state index contributed by atoms with van der Waals surface area (Å²) in [7, 11) is 0. The second-order valence-electron chi connectivity index (χ2n) is 3.36. The fraction of sp³-hybridized carbons (Fsp3) is 0.545. The smallest absolute Gasteiger partial charge is 0.130 e. The average molecular weight is 257 g/mol. The summed E-state index contributed by atoms with van der Waals surface area (Å²) in [6.45, 7) is 7.59. The number of anilines is 1. The number of pyridine rings is 1. The Morgan fingerprint density at radius 1 is 1.43 bits per heavy atom. The Morgan fingerprint density at radius 2 is 2.14 bits per heavy atom. The fourth-order valence-electron chi connectivity index (χ4n) is 1.48. The van der Waals surface area contributed by atoms with Gasteiger partial charge in [-0.05, 0) is 48.3 Å². The van der Waals surface area contributed by atoms with E-state index < -0.39 is 0 Å². The van der Waals surface area contributed by atoms with Gasteiger partial charge in [0.15, 0.2) is 0 Å². The van der Waals surface area contributed by atoms with Crippen molar-refractivity contribution in [2.45, 2.75) is 33.2 Å². The first kappa shape index (κ1) is 11.5. The van der Waals surface area contributed by atoms with E-state index in [2.05, 4.69) is 52.7 Å². The van der Waals surface area contributed by atoms with Crippen molar-refractivity contribution in [1.29, 1.82) is 0 Å². The molecule has 1 rings (SSSR count). The summed E-state index contributed by atoms with van der Waals surface area (Å²) in [5.74, 6) is 1.05. The minimum absolute atomic E-state index is 0.543. The van der Waals surface area contributed by atoms with E-state index in [4.69, 9.17) is 0 Å². The van der Waals surface area contributed by atoms with E-state index in [-0.39, 0.29) is 0 Å². The Kier molecular flexibility index (Phi) is 4.39. The van der Waals surface area contributed by atoms with Crippen LogP contribution in [-0.4, -0.2) is 17.6 Å². The molecule has 0 aliphatic heterocycles. The van der Waals surface area contributed by atoms with Crippen LogP contribution in [0.1, 0.15) is 27.2 Å². The quantitative estimate of drug-likeness (QED) is 0.768. The van der Waals surface area contributed by atoms with Crippen molar-refractivity contribution in [3.8, 4) is 0 Å². The van der Waals surface area contributed by atoms with Gasteiger partial charge in [-0.15, -0.1) is 0 Å². The van der Waals surface area contributed by atoms with Gasteiger partial charge in [0.05, 0.1) is 0 Å². The molecule has 0 aliphatic carbocycles. The van der Waals surface area contributed by atoms with Crippen LogP contribution in [0.15, 0.2) is 22.8 Å². The third-order valence-corrected chi connectivity index (χ3v) is 2.90. The molecule has 1 aromatic rings. The molecule has 0 radical (unpaired) electrons. The van der Waals surface area contributed by atoms with Gasteiger partial charge < -0.3 is 4.90 Å². The minimum Gasteiger partial charge on any atom is -0.354 e. The molecule has 0 spiro atoms. The zero-order valence-corrected chi connectivity index (χ0v) is 10.6. The van der Waals surface area contributed by atoms with Crippen LogP contribution in [0.4, 0.5) is 5.82 Å². The van der Waals surface area contributed by atoms with Crippen LogP contribution in [0.5, 0.6) is 0 Å². The molecule has 78 valence electrons. The van der Waals surface area contributed by atoms with Crippen molar-refractivity contribution in [1.82, 2.24) is 4.98 Å². The third kappa shape index (κ3) is 2.71. The van der Waals surface area contributed by atoms with Crippen LogP contribution in [0, 0.1) is 0 Å².